The molecule has 0 spiro atoms. The van der Waals surface area contributed by atoms with Gasteiger partial charge in [-0.05, 0) is 48.4 Å². The molecule has 0 saturated heterocycles. The van der Waals surface area contributed by atoms with Crippen LogP contribution in [0.2, 0.25) is 0 Å². The van der Waals surface area contributed by atoms with Crippen molar-refractivity contribution in [1.29, 1.82) is 5.26 Å². The second-order valence-electron chi connectivity index (χ2n) is 7.08. The summed E-state index contributed by atoms with van der Waals surface area (Å²) in [6, 6.07) is 11.1. The number of aryl methyl sites for hydroxylation is 1. The minimum atomic E-state index is -4.05. The van der Waals surface area contributed by atoms with E-state index in [-0.39, 0.29) is 5.75 Å². The van der Waals surface area contributed by atoms with Gasteiger partial charge in [0.05, 0.1) is 11.1 Å². The van der Waals surface area contributed by atoms with E-state index >= 15 is 0 Å². The Bertz CT molecular complexity index is 1130. The zero-order valence-electron chi connectivity index (χ0n) is 17.2. The second-order valence-corrected chi connectivity index (χ2v) is 7.08. The molecule has 3 nitrogen and oxygen atoms in total. The van der Waals surface area contributed by atoms with Gasteiger partial charge < -0.3 is 9.47 Å². The predicted molar refractivity (Wildman–Crippen MR) is 107 cm³/mol. The first-order valence-electron chi connectivity index (χ1n) is 9.78. The number of benzene rings is 3. The van der Waals surface area contributed by atoms with Crippen LogP contribution in [0, 0.1) is 23.0 Å². The van der Waals surface area contributed by atoms with E-state index in [1.807, 2.05) is 6.92 Å². The molecule has 0 N–H and O–H groups in total. The zero-order chi connectivity index (χ0) is 24.2. The topological polar surface area (TPSA) is 42.2 Å². The summed E-state index contributed by atoms with van der Waals surface area (Å²) in [6.45, 7) is 1.96. The van der Waals surface area contributed by atoms with Gasteiger partial charge >= 0.3 is 12.2 Å². The lowest BCUT2D eigenvalue weighted by atomic mass is 10.1. The Morgan fingerprint density at radius 3 is 1.67 bits per heavy atom. The molecule has 0 heterocycles. The lowest BCUT2D eigenvalue weighted by Crippen LogP contribution is -2.23. The first-order valence-corrected chi connectivity index (χ1v) is 9.78. The standard InChI is InChI=1S/C24H17F6NO2/c1-2-3-15-4-6-16(7-5-15)23(27,28)32-18-10-8-17(9-11-18)24(29,30)33-19-12-21(25)20(14-31)22(26)13-19/h4-13H,2-3H2,1H3. The highest BCUT2D eigenvalue weighted by Crippen LogP contribution is 2.36. The molecule has 3 aromatic carbocycles. The Morgan fingerprint density at radius 2 is 1.21 bits per heavy atom. The third-order valence-electron chi connectivity index (χ3n) is 4.64. The summed E-state index contributed by atoms with van der Waals surface area (Å²) >= 11 is 0. The van der Waals surface area contributed by atoms with Gasteiger partial charge in [-0.3, -0.25) is 0 Å². The van der Waals surface area contributed by atoms with Gasteiger partial charge in [0.2, 0.25) is 0 Å². The molecule has 0 saturated carbocycles. The van der Waals surface area contributed by atoms with Crippen LogP contribution in [0.25, 0.3) is 0 Å². The third kappa shape index (κ3) is 5.58. The summed E-state index contributed by atoms with van der Waals surface area (Å²) in [5, 5.41) is 8.63. The summed E-state index contributed by atoms with van der Waals surface area (Å²) in [7, 11) is 0. The van der Waals surface area contributed by atoms with Crippen molar-refractivity contribution in [2.75, 3.05) is 0 Å². The van der Waals surface area contributed by atoms with Crippen molar-refractivity contribution in [2.24, 2.45) is 0 Å². The quantitative estimate of drug-likeness (QED) is 0.335. The van der Waals surface area contributed by atoms with Gasteiger partial charge in [-0.25, -0.2) is 8.78 Å². The number of hydrogen-bond acceptors (Lipinski definition) is 3. The molecule has 0 aliphatic rings. The van der Waals surface area contributed by atoms with Crippen LogP contribution in [0.15, 0.2) is 60.7 Å². The number of nitriles is 1. The molecule has 0 atom stereocenters. The summed E-state index contributed by atoms with van der Waals surface area (Å²) in [6.07, 6.45) is -6.15. The average molecular weight is 465 g/mol. The maximum Gasteiger partial charge on any atom is 0.426 e. The molecule has 33 heavy (non-hydrogen) atoms. The summed E-state index contributed by atoms with van der Waals surface area (Å²) in [5.74, 6) is -3.96. The van der Waals surface area contributed by atoms with Gasteiger partial charge in [0, 0.05) is 12.1 Å². The molecule has 0 aliphatic carbocycles. The van der Waals surface area contributed by atoms with Gasteiger partial charge in [0.15, 0.2) is 0 Å². The van der Waals surface area contributed by atoms with Crippen LogP contribution >= 0.6 is 0 Å². The first kappa shape index (κ1) is 24.0. The van der Waals surface area contributed by atoms with E-state index in [1.54, 1.807) is 12.1 Å². The van der Waals surface area contributed by atoms with Crippen molar-refractivity contribution in [2.45, 2.75) is 32.0 Å². The van der Waals surface area contributed by atoms with Crippen LogP contribution < -0.4 is 9.47 Å². The maximum atomic E-state index is 14.4. The molecule has 0 fully saturated rings. The Balaban J connectivity index is 1.74. The molecule has 0 amide bonds. The van der Waals surface area contributed by atoms with E-state index in [0.717, 1.165) is 42.7 Å². The molecule has 0 bridgehead atoms. The highest BCUT2D eigenvalue weighted by molar-refractivity contribution is 5.38. The Hall–Kier alpha value is -3.67. The molecular weight excluding hydrogens is 448 g/mol. The van der Waals surface area contributed by atoms with E-state index in [9.17, 15) is 26.3 Å². The third-order valence-corrected chi connectivity index (χ3v) is 4.64. The minimum absolute atomic E-state index is 0.382. The van der Waals surface area contributed by atoms with Crippen LogP contribution in [0.5, 0.6) is 11.5 Å². The molecule has 0 radical (unpaired) electrons. The molecule has 3 rings (SSSR count). The van der Waals surface area contributed by atoms with E-state index in [2.05, 4.69) is 9.47 Å². The fourth-order valence-electron chi connectivity index (χ4n) is 3.00. The molecular formula is C24H17F6NO2. The van der Waals surface area contributed by atoms with Crippen molar-refractivity contribution in [3.8, 4) is 17.6 Å². The molecule has 0 unspecified atom stereocenters. The van der Waals surface area contributed by atoms with Crippen LogP contribution in [0.1, 0.15) is 35.6 Å². The number of ether oxygens (including phenoxy) is 2. The number of rotatable bonds is 8. The van der Waals surface area contributed by atoms with Gasteiger partial charge in [-0.2, -0.15) is 22.8 Å². The smallest absolute Gasteiger partial charge is 0.426 e. The summed E-state index contributed by atoms with van der Waals surface area (Å²) in [4.78, 5) is 0. The first-order chi connectivity index (χ1) is 15.6. The summed E-state index contributed by atoms with van der Waals surface area (Å²) < 4.78 is 94.0. The van der Waals surface area contributed by atoms with Crippen molar-refractivity contribution in [3.63, 3.8) is 0 Å². The van der Waals surface area contributed by atoms with Gasteiger partial charge in [0.25, 0.3) is 0 Å². The van der Waals surface area contributed by atoms with Crippen molar-refractivity contribution >= 4 is 0 Å². The van der Waals surface area contributed by atoms with Crippen LogP contribution in [0.3, 0.4) is 0 Å². The van der Waals surface area contributed by atoms with Crippen molar-refractivity contribution < 1.29 is 35.8 Å². The number of nitrogens with zero attached hydrogens (tertiary/aromatic N) is 1. The van der Waals surface area contributed by atoms with Crippen LogP contribution in [-0.4, -0.2) is 0 Å². The SMILES string of the molecule is CCCc1ccc(C(F)(F)Oc2ccc(C(F)(F)Oc3cc(F)c(C#N)c(F)c3)cc2)cc1. The van der Waals surface area contributed by atoms with Crippen LogP contribution in [0.4, 0.5) is 26.3 Å². The predicted octanol–water partition coefficient (Wildman–Crippen LogP) is 7.05. The number of hydrogen-bond donors (Lipinski definition) is 0. The lowest BCUT2D eigenvalue weighted by Gasteiger charge is -2.21. The molecule has 172 valence electrons. The van der Waals surface area contributed by atoms with E-state index in [0.29, 0.717) is 12.1 Å². The van der Waals surface area contributed by atoms with Crippen molar-refractivity contribution in [3.05, 3.63) is 94.6 Å². The van der Waals surface area contributed by atoms with Gasteiger partial charge in [-0.1, -0.05) is 25.5 Å². The Kier molecular flexibility index (Phi) is 6.86. The highest BCUT2D eigenvalue weighted by atomic mass is 19.3. The normalized spacial score (nSPS) is 11.7. The maximum absolute atomic E-state index is 14.4. The van der Waals surface area contributed by atoms with E-state index in [4.69, 9.17) is 5.26 Å². The summed E-state index contributed by atoms with van der Waals surface area (Å²) in [5.41, 5.74) is -1.21. The Labute approximate surface area is 185 Å². The molecule has 0 aliphatic heterocycles. The fourth-order valence-corrected chi connectivity index (χ4v) is 3.00. The van der Waals surface area contributed by atoms with Crippen LogP contribution in [-0.2, 0) is 18.6 Å². The largest absolute Gasteiger partial charge is 0.429 e. The minimum Gasteiger partial charge on any atom is -0.429 e. The average Bonchev–Trinajstić information content (AvgIpc) is 2.74. The van der Waals surface area contributed by atoms with Crippen molar-refractivity contribution in [1.82, 2.24) is 0 Å². The Morgan fingerprint density at radius 1 is 0.758 bits per heavy atom. The number of alkyl halides is 4. The second kappa shape index (κ2) is 9.45. The van der Waals surface area contributed by atoms with E-state index < -0.39 is 46.3 Å². The lowest BCUT2D eigenvalue weighted by molar-refractivity contribution is -0.187. The number of halogens is 6. The zero-order valence-corrected chi connectivity index (χ0v) is 17.2. The molecule has 3 aromatic rings. The molecule has 0 aromatic heterocycles. The van der Waals surface area contributed by atoms with Gasteiger partial charge in [-0.15, -0.1) is 0 Å². The monoisotopic (exact) mass is 465 g/mol. The molecule has 9 heteroatoms. The van der Waals surface area contributed by atoms with Gasteiger partial charge in [0.1, 0.15) is 34.8 Å². The van der Waals surface area contributed by atoms with E-state index in [1.165, 1.54) is 18.2 Å². The highest BCUT2D eigenvalue weighted by Gasteiger charge is 2.37. The fraction of sp³-hybridized carbons (Fsp3) is 0.208.